The molecule has 3 N–H and O–H groups in total. The molecule has 0 heterocycles. The Kier molecular flexibility index (Phi) is 12.0. The number of aryl methyl sites for hydroxylation is 1. The quantitative estimate of drug-likeness (QED) is 0.255. The molecule has 0 radical (unpaired) electrons. The van der Waals surface area contributed by atoms with Gasteiger partial charge in [0, 0.05) is 43.5 Å². The van der Waals surface area contributed by atoms with Crippen LogP contribution in [0.1, 0.15) is 70.8 Å². The number of amides is 2. The van der Waals surface area contributed by atoms with Gasteiger partial charge in [0.05, 0.1) is 0 Å². The first-order valence-corrected chi connectivity index (χ1v) is 12.7. The number of rotatable bonds is 15. The predicted molar refractivity (Wildman–Crippen MR) is 142 cm³/mol. The molecule has 2 amide bonds. The van der Waals surface area contributed by atoms with Crippen LogP contribution in [0.15, 0.2) is 42.5 Å². The molecule has 2 aromatic rings. The zero-order valence-corrected chi connectivity index (χ0v) is 21.0. The Bertz CT molecular complexity index is 914. The standard InChI is InChI=1S/C28H41N3O3/c1-4-6-8-9-10-19-30-28(34)31(3)24-13-11-12-23(21-24)25-16-14-22(15-17-27(32)33)20-26(25)29-18-7-5-2/h11-14,16,20-21,29H,4-10,15,17-19H2,1-3H3,(H,30,34)(H,32,33). The molecule has 0 fully saturated rings. The Labute approximate surface area is 204 Å². The van der Waals surface area contributed by atoms with Crippen LogP contribution in [-0.2, 0) is 11.2 Å². The first kappa shape index (κ1) is 27.2. The van der Waals surface area contributed by atoms with Crippen molar-refractivity contribution in [3.63, 3.8) is 0 Å². The van der Waals surface area contributed by atoms with Gasteiger partial charge < -0.3 is 15.7 Å². The van der Waals surface area contributed by atoms with Gasteiger partial charge in [-0.2, -0.15) is 0 Å². The lowest BCUT2D eigenvalue weighted by Gasteiger charge is -2.20. The Morgan fingerprint density at radius 1 is 0.912 bits per heavy atom. The second kappa shape index (κ2) is 15.0. The lowest BCUT2D eigenvalue weighted by atomic mass is 9.99. The van der Waals surface area contributed by atoms with E-state index in [9.17, 15) is 9.59 Å². The van der Waals surface area contributed by atoms with Crippen molar-refractivity contribution in [3.8, 4) is 11.1 Å². The predicted octanol–water partition coefficient (Wildman–Crippen LogP) is 6.70. The summed E-state index contributed by atoms with van der Waals surface area (Å²) in [5.41, 5.74) is 4.88. The van der Waals surface area contributed by atoms with Gasteiger partial charge in [-0.05, 0) is 48.6 Å². The van der Waals surface area contributed by atoms with Crippen LogP contribution < -0.4 is 15.5 Å². The molecule has 0 saturated carbocycles. The van der Waals surface area contributed by atoms with Crippen LogP contribution in [0.3, 0.4) is 0 Å². The number of hydrogen-bond donors (Lipinski definition) is 3. The summed E-state index contributed by atoms with van der Waals surface area (Å²) in [6, 6.07) is 14.0. The SMILES string of the molecule is CCCCCCCNC(=O)N(C)c1cccc(-c2ccc(CCC(=O)O)cc2NCCCC)c1. The minimum atomic E-state index is -0.792. The fourth-order valence-corrected chi connectivity index (χ4v) is 3.84. The van der Waals surface area contributed by atoms with E-state index >= 15 is 0 Å². The van der Waals surface area contributed by atoms with Crippen molar-refractivity contribution >= 4 is 23.4 Å². The molecule has 0 spiro atoms. The zero-order chi connectivity index (χ0) is 24.8. The van der Waals surface area contributed by atoms with E-state index in [2.05, 4.69) is 30.5 Å². The maximum atomic E-state index is 12.6. The summed E-state index contributed by atoms with van der Waals surface area (Å²) in [7, 11) is 1.79. The van der Waals surface area contributed by atoms with E-state index < -0.39 is 5.97 Å². The van der Waals surface area contributed by atoms with E-state index in [4.69, 9.17) is 5.11 Å². The summed E-state index contributed by atoms with van der Waals surface area (Å²) < 4.78 is 0. The third kappa shape index (κ3) is 9.08. The first-order valence-electron chi connectivity index (χ1n) is 12.7. The zero-order valence-electron chi connectivity index (χ0n) is 21.0. The van der Waals surface area contributed by atoms with Crippen molar-refractivity contribution in [2.24, 2.45) is 0 Å². The number of unbranched alkanes of at least 4 members (excludes halogenated alkanes) is 5. The van der Waals surface area contributed by atoms with E-state index in [-0.39, 0.29) is 12.5 Å². The Morgan fingerprint density at radius 3 is 2.41 bits per heavy atom. The number of carboxylic acid groups (broad SMARTS) is 1. The molecule has 0 bridgehead atoms. The van der Waals surface area contributed by atoms with Gasteiger partial charge in [-0.1, -0.05) is 70.2 Å². The minimum absolute atomic E-state index is 0.0991. The summed E-state index contributed by atoms with van der Waals surface area (Å²) in [5, 5.41) is 15.6. The highest BCUT2D eigenvalue weighted by Gasteiger charge is 2.13. The van der Waals surface area contributed by atoms with Crippen LogP contribution in [0.2, 0.25) is 0 Å². The van der Waals surface area contributed by atoms with Crippen LogP contribution >= 0.6 is 0 Å². The smallest absolute Gasteiger partial charge is 0.321 e. The van der Waals surface area contributed by atoms with Crippen molar-refractivity contribution in [1.29, 1.82) is 0 Å². The molecule has 0 unspecified atom stereocenters. The van der Waals surface area contributed by atoms with Gasteiger partial charge >= 0.3 is 12.0 Å². The first-order chi connectivity index (χ1) is 16.5. The highest BCUT2D eigenvalue weighted by atomic mass is 16.4. The second-order valence-electron chi connectivity index (χ2n) is 8.81. The molecular formula is C28H41N3O3. The average Bonchev–Trinajstić information content (AvgIpc) is 2.84. The molecule has 0 saturated heterocycles. The number of carbonyl (C=O) groups is 2. The number of carbonyl (C=O) groups excluding carboxylic acids is 1. The molecule has 2 rings (SSSR count). The van der Waals surface area contributed by atoms with Gasteiger partial charge in [0.25, 0.3) is 0 Å². The lowest BCUT2D eigenvalue weighted by molar-refractivity contribution is -0.136. The number of carboxylic acids is 1. The van der Waals surface area contributed by atoms with Gasteiger partial charge in [0.15, 0.2) is 0 Å². The van der Waals surface area contributed by atoms with Gasteiger partial charge in [-0.25, -0.2) is 4.79 Å². The summed E-state index contributed by atoms with van der Waals surface area (Å²) >= 11 is 0. The van der Waals surface area contributed by atoms with Crippen molar-refractivity contribution in [1.82, 2.24) is 5.32 Å². The number of hydrogen-bond acceptors (Lipinski definition) is 3. The molecule has 0 atom stereocenters. The third-order valence-electron chi connectivity index (χ3n) is 5.96. The second-order valence-corrected chi connectivity index (χ2v) is 8.81. The highest BCUT2D eigenvalue weighted by molar-refractivity contribution is 5.92. The summed E-state index contributed by atoms with van der Waals surface area (Å²) in [4.78, 5) is 25.3. The van der Waals surface area contributed by atoms with E-state index in [0.29, 0.717) is 13.0 Å². The number of nitrogens with one attached hydrogen (secondary N) is 2. The van der Waals surface area contributed by atoms with Gasteiger partial charge in [0.1, 0.15) is 0 Å². The Morgan fingerprint density at radius 2 is 1.68 bits per heavy atom. The third-order valence-corrected chi connectivity index (χ3v) is 5.96. The molecule has 186 valence electrons. The molecule has 0 aliphatic carbocycles. The number of nitrogens with zero attached hydrogens (tertiary/aromatic N) is 1. The lowest BCUT2D eigenvalue weighted by Crippen LogP contribution is -2.37. The number of benzene rings is 2. The van der Waals surface area contributed by atoms with Crippen LogP contribution in [0.5, 0.6) is 0 Å². The van der Waals surface area contributed by atoms with Crippen molar-refractivity contribution in [2.75, 3.05) is 30.4 Å². The molecule has 0 aromatic heterocycles. The van der Waals surface area contributed by atoms with E-state index in [0.717, 1.165) is 60.3 Å². The largest absolute Gasteiger partial charge is 0.481 e. The number of urea groups is 1. The van der Waals surface area contributed by atoms with Crippen LogP contribution in [0, 0.1) is 0 Å². The fourth-order valence-electron chi connectivity index (χ4n) is 3.84. The molecule has 6 nitrogen and oxygen atoms in total. The monoisotopic (exact) mass is 467 g/mol. The minimum Gasteiger partial charge on any atom is -0.481 e. The van der Waals surface area contributed by atoms with E-state index in [1.165, 1.54) is 19.3 Å². The van der Waals surface area contributed by atoms with Crippen molar-refractivity contribution < 1.29 is 14.7 Å². The Hall–Kier alpha value is -3.02. The molecule has 34 heavy (non-hydrogen) atoms. The van der Waals surface area contributed by atoms with Crippen LogP contribution in [0.25, 0.3) is 11.1 Å². The van der Waals surface area contributed by atoms with Gasteiger partial charge in [-0.15, -0.1) is 0 Å². The van der Waals surface area contributed by atoms with E-state index in [1.54, 1.807) is 11.9 Å². The number of anilines is 2. The molecular weight excluding hydrogens is 426 g/mol. The molecule has 0 aliphatic rings. The average molecular weight is 468 g/mol. The highest BCUT2D eigenvalue weighted by Crippen LogP contribution is 2.32. The van der Waals surface area contributed by atoms with Crippen LogP contribution in [0.4, 0.5) is 16.2 Å². The topological polar surface area (TPSA) is 81.7 Å². The summed E-state index contributed by atoms with van der Waals surface area (Å²) in [5.74, 6) is -0.792. The normalized spacial score (nSPS) is 10.7. The van der Waals surface area contributed by atoms with Crippen LogP contribution in [-0.4, -0.2) is 37.2 Å². The molecule has 6 heteroatoms. The Balaban J connectivity index is 2.13. The maximum Gasteiger partial charge on any atom is 0.321 e. The van der Waals surface area contributed by atoms with Gasteiger partial charge in [0.2, 0.25) is 0 Å². The summed E-state index contributed by atoms with van der Waals surface area (Å²) in [6.07, 6.45) is 8.58. The fraction of sp³-hybridized carbons (Fsp3) is 0.500. The molecule has 2 aromatic carbocycles. The molecule has 0 aliphatic heterocycles. The summed E-state index contributed by atoms with van der Waals surface area (Å²) in [6.45, 7) is 5.90. The van der Waals surface area contributed by atoms with Crippen molar-refractivity contribution in [3.05, 3.63) is 48.0 Å². The van der Waals surface area contributed by atoms with E-state index in [1.807, 2.05) is 36.4 Å². The maximum absolute atomic E-state index is 12.6. The number of aliphatic carboxylic acids is 1. The van der Waals surface area contributed by atoms with Gasteiger partial charge in [-0.3, -0.25) is 9.69 Å². The van der Waals surface area contributed by atoms with Crippen molar-refractivity contribution in [2.45, 2.75) is 71.6 Å².